The van der Waals surface area contributed by atoms with Crippen LogP contribution >= 0.6 is 0 Å². The second-order valence-electron chi connectivity index (χ2n) is 6.39. The fraction of sp³-hybridized carbons (Fsp3) is 0.200. The first kappa shape index (κ1) is 21.3. The van der Waals surface area contributed by atoms with Crippen molar-refractivity contribution in [2.24, 2.45) is 0 Å². The summed E-state index contributed by atoms with van der Waals surface area (Å²) in [6, 6.07) is 11.9. The van der Waals surface area contributed by atoms with Crippen LogP contribution in [0.1, 0.15) is 17.0 Å². The fourth-order valence-corrected chi connectivity index (χ4v) is 2.80. The molecule has 0 aliphatic heterocycles. The predicted octanol–water partition coefficient (Wildman–Crippen LogP) is 3.89. The van der Waals surface area contributed by atoms with Crippen LogP contribution in [0.15, 0.2) is 54.6 Å². The Kier molecular flexibility index (Phi) is 6.36. The van der Waals surface area contributed by atoms with Gasteiger partial charge in [0.05, 0.1) is 17.9 Å². The minimum absolute atomic E-state index is 0.0251. The van der Waals surface area contributed by atoms with Crippen molar-refractivity contribution >= 4 is 11.7 Å². The molecular formula is C20H18F4N4O2. The molecule has 0 spiro atoms. The van der Waals surface area contributed by atoms with Crippen LogP contribution in [0.5, 0.6) is 0 Å². The molecule has 1 heterocycles. The number of benzene rings is 2. The topological polar surface area (TPSA) is 79.2 Å². The summed E-state index contributed by atoms with van der Waals surface area (Å²) in [7, 11) is 0. The van der Waals surface area contributed by atoms with Crippen molar-refractivity contribution in [1.29, 1.82) is 0 Å². The largest absolute Gasteiger partial charge is 0.435 e. The number of aromatic nitrogens is 2. The highest BCUT2D eigenvalue weighted by atomic mass is 19.4. The van der Waals surface area contributed by atoms with E-state index in [9.17, 15) is 22.4 Å². The van der Waals surface area contributed by atoms with Crippen molar-refractivity contribution in [2.45, 2.75) is 19.1 Å². The van der Waals surface area contributed by atoms with E-state index in [1.165, 1.54) is 12.1 Å². The molecule has 158 valence electrons. The summed E-state index contributed by atoms with van der Waals surface area (Å²) in [6.07, 6.45) is -4.27. The van der Waals surface area contributed by atoms with Crippen LogP contribution in [-0.2, 0) is 19.1 Å². The number of nitrogens with one attached hydrogen (secondary N) is 2. The number of rotatable bonds is 6. The number of urea groups is 1. The predicted molar refractivity (Wildman–Crippen MR) is 102 cm³/mol. The monoisotopic (exact) mass is 422 g/mol. The molecule has 0 aliphatic rings. The number of nitrogens with zero attached hydrogens (tertiary/aromatic N) is 2. The molecule has 30 heavy (non-hydrogen) atoms. The van der Waals surface area contributed by atoms with Crippen molar-refractivity contribution < 1.29 is 27.5 Å². The summed E-state index contributed by atoms with van der Waals surface area (Å²) in [5.41, 5.74) is 0.250. The maximum absolute atomic E-state index is 13.5. The van der Waals surface area contributed by atoms with E-state index in [1.54, 1.807) is 24.3 Å². The summed E-state index contributed by atoms with van der Waals surface area (Å²) in [4.78, 5) is 12.2. The van der Waals surface area contributed by atoms with Crippen LogP contribution in [0.25, 0.3) is 5.69 Å². The molecule has 0 fully saturated rings. The highest BCUT2D eigenvalue weighted by Gasteiger charge is 2.35. The van der Waals surface area contributed by atoms with Gasteiger partial charge in [-0.15, -0.1) is 0 Å². The van der Waals surface area contributed by atoms with Gasteiger partial charge >= 0.3 is 12.2 Å². The van der Waals surface area contributed by atoms with Crippen LogP contribution in [0.3, 0.4) is 0 Å². The molecule has 3 aromatic rings. The van der Waals surface area contributed by atoms with E-state index in [4.69, 9.17) is 5.11 Å². The smallest absolute Gasteiger partial charge is 0.396 e. The molecule has 2 aromatic carbocycles. The second kappa shape index (κ2) is 8.95. The summed E-state index contributed by atoms with van der Waals surface area (Å²) in [5, 5.41) is 17.5. The second-order valence-corrected chi connectivity index (χ2v) is 6.39. The summed E-state index contributed by atoms with van der Waals surface area (Å²) >= 11 is 0. The van der Waals surface area contributed by atoms with Crippen LogP contribution in [-0.4, -0.2) is 27.5 Å². The minimum atomic E-state index is -4.69. The number of anilines is 1. The Morgan fingerprint density at radius 3 is 2.57 bits per heavy atom. The number of amides is 2. The zero-order chi connectivity index (χ0) is 21.7. The van der Waals surface area contributed by atoms with Crippen LogP contribution in [0.4, 0.5) is 28.0 Å². The molecule has 0 unspecified atom stereocenters. The molecule has 6 nitrogen and oxygen atoms in total. The third kappa shape index (κ3) is 5.35. The maximum atomic E-state index is 13.5. The SMILES string of the molecule is O=C(NCc1cc(C(F)(F)F)nn1-c1cccc(F)c1)Nc1cccc(CCO)c1. The van der Waals surface area contributed by atoms with Crippen molar-refractivity contribution in [2.75, 3.05) is 11.9 Å². The summed E-state index contributed by atoms with van der Waals surface area (Å²) < 4.78 is 53.7. The van der Waals surface area contributed by atoms with Crippen molar-refractivity contribution in [3.05, 3.63) is 77.4 Å². The molecule has 1 aromatic heterocycles. The van der Waals surface area contributed by atoms with E-state index in [-0.39, 0.29) is 24.5 Å². The Morgan fingerprint density at radius 1 is 1.10 bits per heavy atom. The van der Waals surface area contributed by atoms with Crippen molar-refractivity contribution in [3.8, 4) is 5.69 Å². The molecule has 10 heteroatoms. The number of aliphatic hydroxyl groups excluding tert-OH is 1. The number of hydrogen-bond acceptors (Lipinski definition) is 3. The first-order chi connectivity index (χ1) is 14.3. The summed E-state index contributed by atoms with van der Waals surface area (Å²) in [5.74, 6) is -0.629. The highest BCUT2D eigenvalue weighted by molar-refractivity contribution is 5.89. The molecule has 0 aliphatic carbocycles. The highest BCUT2D eigenvalue weighted by Crippen LogP contribution is 2.29. The van der Waals surface area contributed by atoms with Gasteiger partial charge in [-0.3, -0.25) is 0 Å². The zero-order valence-electron chi connectivity index (χ0n) is 15.6. The molecule has 0 radical (unpaired) electrons. The lowest BCUT2D eigenvalue weighted by atomic mass is 10.1. The number of hydrogen-bond donors (Lipinski definition) is 3. The lowest BCUT2D eigenvalue weighted by Crippen LogP contribution is -2.29. The van der Waals surface area contributed by atoms with Gasteiger partial charge in [0.2, 0.25) is 0 Å². The Morgan fingerprint density at radius 2 is 1.87 bits per heavy atom. The van der Waals surface area contributed by atoms with Gasteiger partial charge in [0, 0.05) is 12.3 Å². The van der Waals surface area contributed by atoms with Crippen LogP contribution < -0.4 is 10.6 Å². The number of alkyl halides is 3. The van der Waals surface area contributed by atoms with E-state index in [1.807, 2.05) is 0 Å². The van der Waals surface area contributed by atoms with E-state index < -0.39 is 23.7 Å². The lowest BCUT2D eigenvalue weighted by molar-refractivity contribution is -0.141. The van der Waals surface area contributed by atoms with Gasteiger partial charge in [0.1, 0.15) is 5.82 Å². The Balaban J connectivity index is 1.76. The van der Waals surface area contributed by atoms with Crippen molar-refractivity contribution in [1.82, 2.24) is 15.1 Å². The van der Waals surface area contributed by atoms with Crippen LogP contribution in [0, 0.1) is 5.82 Å². The number of carbonyl (C=O) groups is 1. The maximum Gasteiger partial charge on any atom is 0.435 e. The third-order valence-electron chi connectivity index (χ3n) is 4.14. The molecule has 0 saturated heterocycles. The molecular weight excluding hydrogens is 404 g/mol. The first-order valence-corrected chi connectivity index (χ1v) is 8.93. The molecule has 2 amide bonds. The zero-order valence-corrected chi connectivity index (χ0v) is 15.6. The fourth-order valence-electron chi connectivity index (χ4n) is 2.80. The van der Waals surface area contributed by atoms with Gasteiger partial charge in [0.25, 0.3) is 0 Å². The molecule has 0 atom stereocenters. The minimum Gasteiger partial charge on any atom is -0.396 e. The molecule has 3 N–H and O–H groups in total. The van der Waals surface area contributed by atoms with E-state index in [0.717, 1.165) is 28.4 Å². The Labute approximate surface area is 169 Å². The molecule has 0 saturated carbocycles. The van der Waals surface area contributed by atoms with E-state index in [0.29, 0.717) is 12.1 Å². The number of carbonyl (C=O) groups excluding carboxylic acids is 1. The van der Waals surface area contributed by atoms with E-state index in [2.05, 4.69) is 15.7 Å². The normalized spacial score (nSPS) is 11.4. The average molecular weight is 422 g/mol. The number of halogens is 4. The van der Waals surface area contributed by atoms with Gasteiger partial charge in [-0.05, 0) is 48.4 Å². The van der Waals surface area contributed by atoms with Gasteiger partial charge in [-0.1, -0.05) is 18.2 Å². The van der Waals surface area contributed by atoms with Gasteiger partial charge in [-0.2, -0.15) is 18.3 Å². The average Bonchev–Trinajstić information content (AvgIpc) is 3.12. The summed E-state index contributed by atoms with van der Waals surface area (Å²) in [6.45, 7) is -0.316. The first-order valence-electron chi connectivity index (χ1n) is 8.93. The lowest BCUT2D eigenvalue weighted by Gasteiger charge is -2.11. The third-order valence-corrected chi connectivity index (χ3v) is 4.14. The molecule has 3 rings (SSSR count). The Hall–Kier alpha value is -3.40. The number of aliphatic hydroxyl groups is 1. The standard InChI is InChI=1S/C20H18F4N4O2/c21-14-4-2-6-16(10-14)28-17(11-18(27-28)20(22,23)24)12-25-19(30)26-15-5-1-3-13(9-15)7-8-29/h1-6,9-11,29H,7-8,12H2,(H2,25,26,30). The quantitative estimate of drug-likeness (QED) is 0.528. The van der Waals surface area contributed by atoms with Gasteiger partial charge in [-0.25, -0.2) is 13.9 Å². The molecule has 0 bridgehead atoms. The van der Waals surface area contributed by atoms with Crippen molar-refractivity contribution in [3.63, 3.8) is 0 Å². The Bertz CT molecular complexity index is 1030. The van der Waals surface area contributed by atoms with Gasteiger partial charge < -0.3 is 15.7 Å². The van der Waals surface area contributed by atoms with Crippen LogP contribution in [0.2, 0.25) is 0 Å². The van der Waals surface area contributed by atoms with E-state index >= 15 is 0 Å². The van der Waals surface area contributed by atoms with Gasteiger partial charge in [0.15, 0.2) is 5.69 Å².